The van der Waals surface area contributed by atoms with Crippen molar-refractivity contribution >= 4 is 29.5 Å². The lowest BCUT2D eigenvalue weighted by Gasteiger charge is -2.42. The van der Waals surface area contributed by atoms with Gasteiger partial charge in [0.25, 0.3) is 0 Å². The molecule has 0 aromatic rings. The fraction of sp³-hybridized carbons (Fsp3) is 0.762. The third-order valence-electron chi connectivity index (χ3n) is 6.72. The van der Waals surface area contributed by atoms with Crippen LogP contribution in [-0.2, 0) is 14.4 Å². The molecule has 3 aliphatic rings. The van der Waals surface area contributed by atoms with Gasteiger partial charge in [-0.25, -0.2) is 0 Å². The molecule has 2 bridgehead atoms. The first-order valence-electron chi connectivity index (χ1n) is 10.2. The fourth-order valence-corrected chi connectivity index (χ4v) is 7.88. The molecule has 3 aliphatic heterocycles. The lowest BCUT2D eigenvalue weighted by molar-refractivity contribution is -0.150. The molecule has 29 heavy (non-hydrogen) atoms. The molecular weight excluding hydrogens is 392 g/mol. The molecule has 1 spiro atoms. The molecule has 0 saturated carbocycles. The van der Waals surface area contributed by atoms with E-state index in [1.54, 1.807) is 15.9 Å². The normalized spacial score (nSPS) is 35.7. The topological polar surface area (TPSA) is 98.2 Å². The van der Waals surface area contributed by atoms with Crippen molar-refractivity contribution in [3.8, 4) is 0 Å². The molecule has 8 heteroatoms. The maximum absolute atomic E-state index is 13.9. The van der Waals surface area contributed by atoms with Crippen molar-refractivity contribution in [3.63, 3.8) is 0 Å². The average molecular weight is 425 g/mol. The lowest BCUT2D eigenvalue weighted by Crippen LogP contribution is -2.58. The van der Waals surface area contributed by atoms with Crippen molar-refractivity contribution in [3.05, 3.63) is 12.7 Å². The van der Waals surface area contributed by atoms with E-state index in [1.165, 1.54) is 11.8 Å². The second-order valence-electron chi connectivity index (χ2n) is 9.58. The molecule has 3 rings (SSSR count). The number of rotatable bonds is 7. The van der Waals surface area contributed by atoms with Crippen LogP contribution in [0, 0.1) is 11.8 Å². The number of hydrogen-bond acceptors (Lipinski definition) is 5. The summed E-state index contributed by atoms with van der Waals surface area (Å²) in [5.41, 5.74) is -0.469. The highest BCUT2D eigenvalue weighted by atomic mass is 32.2. The third kappa shape index (κ3) is 3.19. The van der Waals surface area contributed by atoms with E-state index in [0.717, 1.165) is 0 Å². The molecule has 0 aliphatic carbocycles. The third-order valence-corrected chi connectivity index (χ3v) is 8.71. The Morgan fingerprint density at radius 2 is 2.03 bits per heavy atom. The highest BCUT2D eigenvalue weighted by molar-refractivity contribution is 8.02. The van der Waals surface area contributed by atoms with Crippen LogP contribution >= 0.6 is 11.8 Å². The van der Waals surface area contributed by atoms with Crippen LogP contribution in [0.25, 0.3) is 0 Å². The van der Waals surface area contributed by atoms with E-state index in [-0.39, 0.29) is 25.0 Å². The Hall–Kier alpha value is -1.54. The molecule has 2 amide bonds. The summed E-state index contributed by atoms with van der Waals surface area (Å²) in [4.78, 5) is 42.7. The summed E-state index contributed by atoms with van der Waals surface area (Å²) in [6.07, 6.45) is 3.35. The van der Waals surface area contributed by atoms with Gasteiger partial charge >= 0.3 is 5.97 Å². The van der Waals surface area contributed by atoms with Gasteiger partial charge in [-0.1, -0.05) is 6.08 Å². The van der Waals surface area contributed by atoms with Crippen molar-refractivity contribution in [2.24, 2.45) is 11.8 Å². The number of thioether (sulfide) groups is 1. The Balaban J connectivity index is 2.10. The SMILES string of the molecule is C=CCN(C(=O)C1N(CCCO)C(=O)[C@@H]2[C@@H](C(=O)O)[C@@]3(C)CCC12S3)C(C)(C)C. The fourth-order valence-electron chi connectivity index (χ4n) is 5.53. The van der Waals surface area contributed by atoms with Gasteiger partial charge in [0.1, 0.15) is 6.04 Å². The molecule has 162 valence electrons. The molecule has 0 aromatic heterocycles. The predicted octanol–water partition coefficient (Wildman–Crippen LogP) is 1.75. The van der Waals surface area contributed by atoms with Gasteiger partial charge in [0.05, 0.1) is 16.6 Å². The number of likely N-dealkylation sites (tertiary alicyclic amines) is 1. The summed E-state index contributed by atoms with van der Waals surface area (Å²) < 4.78 is -1.27. The Bertz CT molecular complexity index is 735. The van der Waals surface area contributed by atoms with E-state index in [1.807, 2.05) is 27.7 Å². The van der Waals surface area contributed by atoms with Crippen molar-refractivity contribution in [1.29, 1.82) is 0 Å². The number of carbonyl (C=O) groups excluding carboxylic acids is 2. The summed E-state index contributed by atoms with van der Waals surface area (Å²) in [7, 11) is 0. The molecule has 3 saturated heterocycles. The number of carboxylic acids is 1. The molecule has 5 atom stereocenters. The van der Waals surface area contributed by atoms with Crippen molar-refractivity contribution in [2.45, 2.75) is 68.0 Å². The largest absolute Gasteiger partial charge is 0.481 e. The molecule has 7 nitrogen and oxygen atoms in total. The number of amides is 2. The van der Waals surface area contributed by atoms with Gasteiger partial charge in [-0.05, 0) is 47.0 Å². The maximum atomic E-state index is 13.9. The molecule has 0 radical (unpaired) electrons. The minimum absolute atomic E-state index is 0.0920. The Morgan fingerprint density at radius 3 is 2.55 bits per heavy atom. The number of hydrogen-bond donors (Lipinski definition) is 2. The van der Waals surface area contributed by atoms with E-state index < -0.39 is 38.9 Å². The summed E-state index contributed by atoms with van der Waals surface area (Å²) in [6.45, 7) is 12.0. The van der Waals surface area contributed by atoms with Gasteiger partial charge in [-0.15, -0.1) is 18.3 Å². The summed E-state index contributed by atoms with van der Waals surface area (Å²) in [5.74, 6) is -2.89. The van der Waals surface area contributed by atoms with E-state index in [4.69, 9.17) is 0 Å². The predicted molar refractivity (Wildman–Crippen MR) is 111 cm³/mol. The van der Waals surface area contributed by atoms with E-state index >= 15 is 0 Å². The van der Waals surface area contributed by atoms with Gasteiger partial charge in [0.15, 0.2) is 0 Å². The minimum Gasteiger partial charge on any atom is -0.481 e. The number of aliphatic hydroxyl groups excluding tert-OH is 1. The Labute approximate surface area is 176 Å². The summed E-state index contributed by atoms with van der Waals surface area (Å²) in [6, 6.07) is -0.720. The van der Waals surface area contributed by atoms with E-state index in [2.05, 4.69) is 6.58 Å². The van der Waals surface area contributed by atoms with Gasteiger partial charge in [-0.3, -0.25) is 14.4 Å². The van der Waals surface area contributed by atoms with Crippen LogP contribution in [0.2, 0.25) is 0 Å². The quantitative estimate of drug-likeness (QED) is 0.604. The molecule has 3 heterocycles. The zero-order valence-corrected chi connectivity index (χ0v) is 18.5. The standard InChI is InChI=1S/C21H32N2O5S/c1-6-10-23(19(2,3)4)17(26)15-21-9-8-20(5,29-21)14(18(27)28)13(21)16(25)22(15)11-7-12-24/h6,13-15,24H,1,7-12H2,2-5H3,(H,27,28)/t13-,14-,15?,20+,21?/m0/s1. The molecule has 2 unspecified atom stereocenters. The van der Waals surface area contributed by atoms with Gasteiger partial charge in [-0.2, -0.15) is 0 Å². The highest BCUT2D eigenvalue weighted by Crippen LogP contribution is 2.71. The van der Waals surface area contributed by atoms with Crippen LogP contribution in [0.1, 0.15) is 47.0 Å². The van der Waals surface area contributed by atoms with Crippen molar-refractivity contribution < 1.29 is 24.6 Å². The average Bonchev–Trinajstić information content (AvgIpc) is 3.17. The smallest absolute Gasteiger partial charge is 0.308 e. The number of carbonyl (C=O) groups is 3. The second kappa shape index (κ2) is 7.30. The number of aliphatic hydroxyl groups is 1. The van der Waals surface area contributed by atoms with E-state index in [9.17, 15) is 24.6 Å². The minimum atomic E-state index is -0.964. The molecular formula is C21H32N2O5S. The monoisotopic (exact) mass is 424 g/mol. The number of carboxylic acid groups (broad SMARTS) is 1. The zero-order chi connectivity index (χ0) is 21.8. The van der Waals surface area contributed by atoms with Crippen LogP contribution in [0.3, 0.4) is 0 Å². The number of nitrogens with zero attached hydrogens (tertiary/aromatic N) is 2. The van der Waals surface area contributed by atoms with Crippen LogP contribution in [-0.4, -0.2) is 78.6 Å². The first-order chi connectivity index (χ1) is 13.4. The Morgan fingerprint density at radius 1 is 1.38 bits per heavy atom. The molecule has 0 aromatic carbocycles. The summed E-state index contributed by atoms with van der Waals surface area (Å²) >= 11 is 1.53. The summed E-state index contributed by atoms with van der Waals surface area (Å²) in [5, 5.41) is 19.3. The van der Waals surface area contributed by atoms with Crippen LogP contribution < -0.4 is 0 Å². The van der Waals surface area contributed by atoms with Gasteiger partial charge in [0, 0.05) is 30.0 Å². The van der Waals surface area contributed by atoms with E-state index in [0.29, 0.717) is 25.8 Å². The van der Waals surface area contributed by atoms with Crippen LogP contribution in [0.4, 0.5) is 0 Å². The number of fused-ring (bicyclic) bond motifs is 1. The van der Waals surface area contributed by atoms with Gasteiger partial charge in [0.2, 0.25) is 11.8 Å². The van der Waals surface area contributed by atoms with Crippen molar-refractivity contribution in [1.82, 2.24) is 9.80 Å². The second-order valence-corrected chi connectivity index (χ2v) is 11.5. The lowest BCUT2D eigenvalue weighted by atomic mass is 9.66. The first kappa shape index (κ1) is 22.2. The Kier molecular flexibility index (Phi) is 5.58. The highest BCUT2D eigenvalue weighted by Gasteiger charge is 2.77. The van der Waals surface area contributed by atoms with Crippen LogP contribution in [0.15, 0.2) is 12.7 Å². The van der Waals surface area contributed by atoms with Crippen molar-refractivity contribution in [2.75, 3.05) is 19.7 Å². The maximum Gasteiger partial charge on any atom is 0.308 e. The zero-order valence-electron chi connectivity index (χ0n) is 17.7. The van der Waals surface area contributed by atoms with Crippen LogP contribution in [0.5, 0.6) is 0 Å². The molecule has 2 N–H and O–H groups in total. The first-order valence-corrected chi connectivity index (χ1v) is 11.0. The van der Waals surface area contributed by atoms with Gasteiger partial charge < -0.3 is 20.0 Å². The number of aliphatic carboxylic acids is 1. The molecule has 3 fully saturated rings.